The van der Waals surface area contributed by atoms with Crippen molar-refractivity contribution in [1.82, 2.24) is 15.1 Å². The third-order valence-corrected chi connectivity index (χ3v) is 5.81. The number of ether oxygens (including phenoxy) is 1. The van der Waals surface area contributed by atoms with Gasteiger partial charge in [-0.15, -0.1) is 0 Å². The number of benzene rings is 1. The van der Waals surface area contributed by atoms with Crippen molar-refractivity contribution < 1.29 is 22.7 Å². The Morgan fingerprint density at radius 2 is 1.56 bits per heavy atom. The van der Waals surface area contributed by atoms with Gasteiger partial charge in [-0.25, -0.2) is 0 Å². The summed E-state index contributed by atoms with van der Waals surface area (Å²) in [6.45, 7) is 11.7. The molecule has 0 aromatic heterocycles. The molecule has 1 saturated heterocycles. The van der Waals surface area contributed by atoms with Gasteiger partial charge in [-0.2, -0.15) is 13.2 Å². The van der Waals surface area contributed by atoms with Crippen molar-refractivity contribution in [2.24, 2.45) is 5.92 Å². The Hall–Kier alpha value is -1.64. The summed E-state index contributed by atoms with van der Waals surface area (Å²) < 4.78 is 40.9. The molecule has 1 heterocycles. The van der Waals surface area contributed by atoms with Gasteiger partial charge in [0, 0.05) is 39.3 Å². The molecule has 1 aromatic rings. The largest absolute Gasteiger partial charge is 0.411 e. The van der Waals surface area contributed by atoms with Crippen molar-refractivity contribution in [2.75, 3.05) is 52.5 Å². The fourth-order valence-corrected chi connectivity index (χ4v) is 3.89. The number of halogens is 3. The summed E-state index contributed by atoms with van der Waals surface area (Å²) in [5.74, 6) is 0.771. The number of amides is 1. The van der Waals surface area contributed by atoms with Crippen LogP contribution in [0.2, 0.25) is 0 Å². The highest BCUT2D eigenvalue weighted by Crippen LogP contribution is 2.24. The van der Waals surface area contributed by atoms with Gasteiger partial charge < -0.3 is 15.0 Å². The quantitative estimate of drug-likeness (QED) is 0.506. The molecule has 2 rings (SSSR count). The molecule has 0 spiro atoms. The molecule has 0 bridgehead atoms. The fourth-order valence-electron chi connectivity index (χ4n) is 3.89. The van der Waals surface area contributed by atoms with Gasteiger partial charge in [0.15, 0.2) is 0 Å². The van der Waals surface area contributed by atoms with Crippen molar-refractivity contribution in [2.45, 2.75) is 52.3 Å². The van der Waals surface area contributed by atoms with E-state index in [4.69, 9.17) is 0 Å². The second-order valence-corrected chi connectivity index (χ2v) is 9.25. The first-order valence-corrected chi connectivity index (χ1v) is 11.5. The predicted molar refractivity (Wildman–Crippen MR) is 121 cm³/mol. The number of alkyl halides is 3. The number of hydrogen-bond donors (Lipinski definition) is 1. The van der Waals surface area contributed by atoms with Crippen molar-refractivity contribution in [3.63, 3.8) is 0 Å². The second kappa shape index (κ2) is 12.6. The highest BCUT2D eigenvalue weighted by atomic mass is 19.4. The number of nitrogens with zero attached hydrogens (tertiary/aromatic N) is 2. The SMILES string of the molecule is CC(C)c1ccc(C(NC(=O)CN2CCN(CCCOCC(F)(F)F)CC2)C(C)C)cc1. The van der Waals surface area contributed by atoms with E-state index < -0.39 is 12.8 Å². The first-order chi connectivity index (χ1) is 15.0. The Morgan fingerprint density at radius 3 is 2.09 bits per heavy atom. The van der Waals surface area contributed by atoms with Crippen LogP contribution in [0.4, 0.5) is 13.2 Å². The lowest BCUT2D eigenvalue weighted by Gasteiger charge is -2.34. The predicted octanol–water partition coefficient (Wildman–Crippen LogP) is 4.21. The second-order valence-electron chi connectivity index (χ2n) is 9.25. The zero-order valence-electron chi connectivity index (χ0n) is 19.8. The van der Waals surface area contributed by atoms with Gasteiger partial charge in [0.1, 0.15) is 6.61 Å². The van der Waals surface area contributed by atoms with E-state index in [2.05, 4.69) is 71.8 Å². The molecule has 32 heavy (non-hydrogen) atoms. The molecular formula is C24H38F3N3O2. The summed E-state index contributed by atoms with van der Waals surface area (Å²) in [5.41, 5.74) is 2.41. The molecule has 1 aliphatic rings. The Kier molecular flexibility index (Phi) is 10.4. The molecule has 182 valence electrons. The summed E-state index contributed by atoms with van der Waals surface area (Å²) in [6, 6.07) is 8.46. The van der Waals surface area contributed by atoms with Crippen LogP contribution in [0.25, 0.3) is 0 Å². The van der Waals surface area contributed by atoms with E-state index in [1.54, 1.807) is 0 Å². The van der Waals surface area contributed by atoms with E-state index >= 15 is 0 Å². The minimum absolute atomic E-state index is 0.0191. The lowest BCUT2D eigenvalue weighted by atomic mass is 9.93. The molecule has 1 fully saturated rings. The van der Waals surface area contributed by atoms with Crippen LogP contribution in [0.15, 0.2) is 24.3 Å². The third-order valence-electron chi connectivity index (χ3n) is 5.81. The van der Waals surface area contributed by atoms with Crippen LogP contribution in [-0.2, 0) is 9.53 Å². The van der Waals surface area contributed by atoms with Crippen molar-refractivity contribution in [1.29, 1.82) is 0 Å². The molecule has 0 radical (unpaired) electrons. The van der Waals surface area contributed by atoms with Crippen LogP contribution in [0, 0.1) is 5.92 Å². The number of carbonyl (C=O) groups excluding carboxylic acids is 1. The minimum atomic E-state index is -4.27. The normalized spacial score (nSPS) is 17.2. The molecule has 1 N–H and O–H groups in total. The maximum absolute atomic E-state index is 12.7. The van der Waals surface area contributed by atoms with Gasteiger partial charge in [-0.05, 0) is 29.4 Å². The molecular weight excluding hydrogens is 419 g/mol. The lowest BCUT2D eigenvalue weighted by molar-refractivity contribution is -0.174. The Morgan fingerprint density at radius 1 is 1.00 bits per heavy atom. The minimum Gasteiger partial charge on any atom is -0.372 e. The molecule has 1 atom stereocenters. The number of hydrogen-bond acceptors (Lipinski definition) is 4. The van der Waals surface area contributed by atoms with Crippen LogP contribution >= 0.6 is 0 Å². The zero-order chi connectivity index (χ0) is 23.7. The van der Waals surface area contributed by atoms with Gasteiger partial charge in [0.05, 0.1) is 12.6 Å². The average molecular weight is 458 g/mol. The number of piperazine rings is 1. The highest BCUT2D eigenvalue weighted by molar-refractivity contribution is 5.78. The summed E-state index contributed by atoms with van der Waals surface area (Å²) in [4.78, 5) is 17.0. The number of carbonyl (C=O) groups is 1. The molecule has 8 heteroatoms. The molecule has 0 saturated carbocycles. The van der Waals surface area contributed by atoms with Crippen LogP contribution < -0.4 is 5.32 Å². The maximum Gasteiger partial charge on any atom is 0.411 e. The van der Waals surface area contributed by atoms with E-state index in [-0.39, 0.29) is 24.5 Å². The molecule has 1 aliphatic heterocycles. The van der Waals surface area contributed by atoms with E-state index in [0.29, 0.717) is 25.4 Å². The monoisotopic (exact) mass is 457 g/mol. The van der Waals surface area contributed by atoms with E-state index in [1.165, 1.54) is 5.56 Å². The first kappa shape index (κ1) is 26.6. The van der Waals surface area contributed by atoms with Crippen LogP contribution in [0.5, 0.6) is 0 Å². The highest BCUT2D eigenvalue weighted by Gasteiger charge is 2.27. The molecule has 5 nitrogen and oxygen atoms in total. The smallest absolute Gasteiger partial charge is 0.372 e. The molecule has 1 amide bonds. The fraction of sp³-hybridized carbons (Fsp3) is 0.708. The third kappa shape index (κ3) is 9.46. The Bertz CT molecular complexity index is 685. The summed E-state index contributed by atoms with van der Waals surface area (Å²) >= 11 is 0. The molecule has 0 aliphatic carbocycles. The van der Waals surface area contributed by atoms with E-state index in [1.807, 2.05) is 0 Å². The summed E-state index contributed by atoms with van der Waals surface area (Å²) in [5, 5.41) is 3.20. The van der Waals surface area contributed by atoms with Gasteiger partial charge in [-0.1, -0.05) is 52.0 Å². The average Bonchev–Trinajstić information content (AvgIpc) is 2.72. The number of rotatable bonds is 11. The van der Waals surface area contributed by atoms with Crippen molar-refractivity contribution >= 4 is 5.91 Å². The zero-order valence-corrected chi connectivity index (χ0v) is 19.8. The van der Waals surface area contributed by atoms with Crippen LogP contribution in [-0.4, -0.2) is 74.4 Å². The Labute approximate surface area is 190 Å². The summed E-state index contributed by atoms with van der Waals surface area (Å²) in [7, 11) is 0. The van der Waals surface area contributed by atoms with E-state index in [9.17, 15) is 18.0 Å². The first-order valence-electron chi connectivity index (χ1n) is 11.5. The van der Waals surface area contributed by atoms with Gasteiger partial charge in [0.2, 0.25) is 5.91 Å². The topological polar surface area (TPSA) is 44.8 Å². The van der Waals surface area contributed by atoms with Gasteiger partial charge >= 0.3 is 6.18 Å². The van der Waals surface area contributed by atoms with Crippen LogP contribution in [0.3, 0.4) is 0 Å². The number of nitrogens with one attached hydrogen (secondary N) is 1. The van der Waals surface area contributed by atoms with Crippen molar-refractivity contribution in [3.8, 4) is 0 Å². The standard InChI is InChI=1S/C24H38F3N3O2/c1-18(2)20-6-8-21(9-7-20)23(19(3)4)28-22(31)16-30-13-11-29(12-14-30)10-5-15-32-17-24(25,26)27/h6-9,18-19,23H,5,10-17H2,1-4H3,(H,28,31). The van der Waals surface area contributed by atoms with Gasteiger partial charge in [0.25, 0.3) is 0 Å². The molecule has 1 aromatic carbocycles. The van der Waals surface area contributed by atoms with Crippen molar-refractivity contribution in [3.05, 3.63) is 35.4 Å². The summed E-state index contributed by atoms with van der Waals surface area (Å²) in [6.07, 6.45) is -3.69. The van der Waals surface area contributed by atoms with Gasteiger partial charge in [-0.3, -0.25) is 9.69 Å². The van der Waals surface area contributed by atoms with E-state index in [0.717, 1.165) is 31.7 Å². The lowest BCUT2D eigenvalue weighted by Crippen LogP contribution is -2.50. The maximum atomic E-state index is 12.7. The Balaban J connectivity index is 1.72. The molecule has 1 unspecified atom stereocenters. The van der Waals surface area contributed by atoms with Crippen LogP contribution in [0.1, 0.15) is 57.2 Å².